The summed E-state index contributed by atoms with van der Waals surface area (Å²) in [7, 11) is -2.17. The third kappa shape index (κ3) is 4.78. The van der Waals surface area contributed by atoms with Crippen LogP contribution < -0.4 is 0 Å². The number of fused-ring (bicyclic) bond motifs is 2. The molecule has 0 spiro atoms. The Labute approximate surface area is 128 Å². The van der Waals surface area contributed by atoms with Crippen molar-refractivity contribution >= 4 is 29.1 Å². The molecule has 4 aromatic rings. The molecule has 0 radical (unpaired) electrons. The maximum Gasteiger partial charge on any atom is 0.631 e. The number of aromatic amines is 2. The van der Waals surface area contributed by atoms with Crippen LogP contribution in [0.4, 0.5) is 0 Å². The van der Waals surface area contributed by atoms with Crippen LogP contribution >= 0.6 is 0 Å². The molecular formula is C16H17BN2O3. The molecule has 4 rings (SSSR count). The average Bonchev–Trinajstić information content (AvgIpc) is 3.16. The molecule has 0 atom stereocenters. The van der Waals surface area contributed by atoms with E-state index in [-0.39, 0.29) is 0 Å². The van der Waals surface area contributed by atoms with E-state index in [9.17, 15) is 0 Å². The van der Waals surface area contributed by atoms with Crippen LogP contribution in [0, 0.1) is 0 Å². The maximum absolute atomic E-state index is 7.17. The zero-order valence-corrected chi connectivity index (χ0v) is 11.8. The van der Waals surface area contributed by atoms with Crippen molar-refractivity contribution in [1.29, 1.82) is 0 Å². The summed E-state index contributed by atoms with van der Waals surface area (Å²) in [6, 6.07) is 20.6. The Morgan fingerprint density at radius 3 is 1.32 bits per heavy atom. The number of benzene rings is 2. The number of nitrogens with one attached hydrogen (secondary N) is 2. The van der Waals surface area contributed by atoms with Crippen LogP contribution in [-0.4, -0.2) is 32.4 Å². The molecule has 0 aliphatic rings. The normalized spacial score (nSPS) is 9.59. The number of rotatable bonds is 0. The van der Waals surface area contributed by atoms with Gasteiger partial charge in [0.2, 0.25) is 0 Å². The Morgan fingerprint density at radius 1 is 0.591 bits per heavy atom. The van der Waals surface area contributed by atoms with Gasteiger partial charge in [-0.1, -0.05) is 36.4 Å². The molecule has 0 amide bonds. The van der Waals surface area contributed by atoms with Gasteiger partial charge in [0.1, 0.15) is 0 Å². The number of para-hydroxylation sites is 2. The second kappa shape index (κ2) is 8.04. The second-order valence-electron chi connectivity index (χ2n) is 4.48. The van der Waals surface area contributed by atoms with Gasteiger partial charge in [-0.05, 0) is 35.0 Å². The van der Waals surface area contributed by atoms with E-state index in [1.807, 2.05) is 36.7 Å². The van der Waals surface area contributed by atoms with E-state index in [0.29, 0.717) is 0 Å². The second-order valence-corrected chi connectivity index (χ2v) is 4.48. The summed E-state index contributed by atoms with van der Waals surface area (Å²) in [6.07, 6.45) is 3.90. The van der Waals surface area contributed by atoms with E-state index in [1.165, 1.54) is 21.8 Å². The zero-order valence-electron chi connectivity index (χ0n) is 11.8. The highest BCUT2D eigenvalue weighted by molar-refractivity contribution is 6.30. The predicted octanol–water partition coefficient (Wildman–Crippen LogP) is 2.28. The van der Waals surface area contributed by atoms with Gasteiger partial charge in [0.05, 0.1) is 0 Å². The van der Waals surface area contributed by atoms with Crippen molar-refractivity contribution in [3.8, 4) is 0 Å². The molecule has 2 aromatic heterocycles. The first-order valence-electron chi connectivity index (χ1n) is 6.75. The highest BCUT2D eigenvalue weighted by Gasteiger charge is 1.92. The molecule has 6 heteroatoms. The van der Waals surface area contributed by atoms with Gasteiger partial charge < -0.3 is 25.0 Å². The fourth-order valence-electron chi connectivity index (χ4n) is 1.99. The summed E-state index contributed by atoms with van der Waals surface area (Å²) in [6.45, 7) is 0. The van der Waals surface area contributed by atoms with Crippen LogP contribution in [0.15, 0.2) is 73.1 Å². The lowest BCUT2D eigenvalue weighted by atomic mass is 10.3. The van der Waals surface area contributed by atoms with Gasteiger partial charge in [-0.3, -0.25) is 0 Å². The van der Waals surface area contributed by atoms with E-state index in [0.717, 1.165) is 0 Å². The third-order valence-corrected chi connectivity index (χ3v) is 2.93. The summed E-state index contributed by atoms with van der Waals surface area (Å²) in [5, 5.41) is 24.1. The minimum Gasteiger partial charge on any atom is -0.402 e. The molecule has 0 fully saturated rings. The summed E-state index contributed by atoms with van der Waals surface area (Å²) < 4.78 is 0. The molecule has 2 aromatic carbocycles. The molecule has 5 nitrogen and oxygen atoms in total. The summed E-state index contributed by atoms with van der Waals surface area (Å²) in [5.41, 5.74) is 2.41. The highest BCUT2D eigenvalue weighted by Crippen LogP contribution is 2.09. The molecular weight excluding hydrogens is 279 g/mol. The number of aromatic nitrogens is 2. The van der Waals surface area contributed by atoms with Crippen molar-refractivity contribution in [2.24, 2.45) is 0 Å². The molecule has 2 heterocycles. The SMILES string of the molecule is OB(O)O.c1ccc2[nH]ccc2c1.c1ccc2[nH]ccc2c1. The maximum atomic E-state index is 7.17. The molecule has 0 unspecified atom stereocenters. The van der Waals surface area contributed by atoms with Crippen LogP contribution in [0.2, 0.25) is 0 Å². The zero-order chi connectivity index (χ0) is 15.8. The van der Waals surface area contributed by atoms with Gasteiger partial charge in [0.15, 0.2) is 0 Å². The van der Waals surface area contributed by atoms with Crippen LogP contribution in [-0.2, 0) is 0 Å². The predicted molar refractivity (Wildman–Crippen MR) is 89.0 cm³/mol. The first kappa shape index (κ1) is 15.8. The van der Waals surface area contributed by atoms with Crippen LogP contribution in [0.5, 0.6) is 0 Å². The summed E-state index contributed by atoms with van der Waals surface area (Å²) in [4.78, 5) is 6.24. The van der Waals surface area contributed by atoms with Crippen LogP contribution in [0.3, 0.4) is 0 Å². The standard InChI is InChI=1S/2C8H7N.BH3O3/c2*1-2-4-8-7(3-1)5-6-9-8;2-1(3)4/h2*1-6,9H;2-4H. The van der Waals surface area contributed by atoms with Gasteiger partial charge in [0.25, 0.3) is 0 Å². The van der Waals surface area contributed by atoms with E-state index >= 15 is 0 Å². The molecule has 0 saturated heterocycles. The molecule has 112 valence electrons. The molecule has 0 saturated carbocycles. The quantitative estimate of drug-likeness (QED) is 0.322. The lowest BCUT2D eigenvalue weighted by Gasteiger charge is -1.83. The van der Waals surface area contributed by atoms with Gasteiger partial charge in [0, 0.05) is 23.4 Å². The first-order chi connectivity index (χ1) is 10.7. The largest absolute Gasteiger partial charge is 0.631 e. The average molecular weight is 296 g/mol. The van der Waals surface area contributed by atoms with Gasteiger partial charge >= 0.3 is 7.32 Å². The van der Waals surface area contributed by atoms with Crippen LogP contribution in [0.1, 0.15) is 0 Å². The number of hydrogen-bond donors (Lipinski definition) is 5. The Kier molecular flexibility index (Phi) is 5.79. The minimum atomic E-state index is -2.17. The highest BCUT2D eigenvalue weighted by atomic mass is 16.5. The Hall–Kier alpha value is -2.54. The Morgan fingerprint density at radius 2 is 0.955 bits per heavy atom. The summed E-state index contributed by atoms with van der Waals surface area (Å²) in [5.74, 6) is 0. The smallest absolute Gasteiger partial charge is 0.402 e. The molecule has 0 bridgehead atoms. The van der Waals surface area contributed by atoms with E-state index in [1.54, 1.807) is 0 Å². The first-order valence-corrected chi connectivity index (χ1v) is 6.75. The molecule has 5 N–H and O–H groups in total. The molecule has 22 heavy (non-hydrogen) atoms. The van der Waals surface area contributed by atoms with Gasteiger partial charge in [-0.15, -0.1) is 0 Å². The van der Waals surface area contributed by atoms with Crippen molar-refractivity contribution in [3.63, 3.8) is 0 Å². The Bertz CT molecular complexity index is 682. The number of H-pyrrole nitrogens is 2. The summed E-state index contributed by atoms with van der Waals surface area (Å²) >= 11 is 0. The Balaban J connectivity index is 0.000000131. The molecule has 0 aliphatic carbocycles. The molecule has 0 aliphatic heterocycles. The van der Waals surface area contributed by atoms with Crippen molar-refractivity contribution in [2.75, 3.05) is 0 Å². The van der Waals surface area contributed by atoms with E-state index in [2.05, 4.69) is 46.4 Å². The fraction of sp³-hybridized carbons (Fsp3) is 0. The van der Waals surface area contributed by atoms with Crippen molar-refractivity contribution in [2.45, 2.75) is 0 Å². The lowest BCUT2D eigenvalue weighted by Crippen LogP contribution is -2.07. The van der Waals surface area contributed by atoms with E-state index in [4.69, 9.17) is 15.1 Å². The van der Waals surface area contributed by atoms with Crippen LogP contribution in [0.25, 0.3) is 21.8 Å². The van der Waals surface area contributed by atoms with Crippen molar-refractivity contribution in [3.05, 3.63) is 73.1 Å². The third-order valence-electron chi connectivity index (χ3n) is 2.93. The van der Waals surface area contributed by atoms with Gasteiger partial charge in [-0.2, -0.15) is 0 Å². The minimum absolute atomic E-state index is 1.21. The van der Waals surface area contributed by atoms with Crippen molar-refractivity contribution in [1.82, 2.24) is 9.97 Å². The van der Waals surface area contributed by atoms with Gasteiger partial charge in [-0.25, -0.2) is 0 Å². The lowest BCUT2D eigenvalue weighted by molar-refractivity contribution is 0.278. The fourth-order valence-corrected chi connectivity index (χ4v) is 1.99. The van der Waals surface area contributed by atoms with Crippen molar-refractivity contribution < 1.29 is 15.1 Å². The number of hydrogen-bond acceptors (Lipinski definition) is 3. The topological polar surface area (TPSA) is 92.3 Å². The van der Waals surface area contributed by atoms with E-state index < -0.39 is 7.32 Å². The monoisotopic (exact) mass is 296 g/mol.